The van der Waals surface area contributed by atoms with Gasteiger partial charge in [0.05, 0.1) is 19.3 Å². The number of phosphoric ester groups is 1. The van der Waals surface area contributed by atoms with E-state index in [2.05, 4.69) is 4.98 Å². The molecule has 0 spiro atoms. The van der Waals surface area contributed by atoms with Gasteiger partial charge in [0.25, 0.3) is 5.56 Å². The largest absolute Gasteiger partial charge is 0.475 e. The fourth-order valence-corrected chi connectivity index (χ4v) is 4.85. The van der Waals surface area contributed by atoms with Crippen LogP contribution >= 0.6 is 19.4 Å². The van der Waals surface area contributed by atoms with Gasteiger partial charge in [-0.15, -0.1) is 0 Å². The SMILES string of the molecule is CO[C@H](CCOP1(=O)OC[C@@H](OC)[C@H]([C@@](C)(Cl)n2ccc(=O)[nH]c2=O)O1)C(=O)OC(C)C. The molecule has 2 rings (SSSR count). The number of carbonyl (C=O) groups excluding carboxylic acids is 1. The number of H-pyrrole nitrogens is 1. The first kappa shape index (κ1) is 26.7. The summed E-state index contributed by atoms with van der Waals surface area (Å²) in [6.45, 7) is 4.41. The van der Waals surface area contributed by atoms with E-state index in [-0.39, 0.29) is 25.7 Å². The van der Waals surface area contributed by atoms with Crippen molar-refractivity contribution in [3.63, 3.8) is 0 Å². The molecule has 1 aliphatic heterocycles. The van der Waals surface area contributed by atoms with E-state index in [1.807, 2.05) is 0 Å². The quantitative estimate of drug-likeness (QED) is 0.285. The van der Waals surface area contributed by atoms with Crippen molar-refractivity contribution in [1.29, 1.82) is 0 Å². The summed E-state index contributed by atoms with van der Waals surface area (Å²) in [4.78, 5) is 36.1. The molecule has 1 aromatic heterocycles. The van der Waals surface area contributed by atoms with E-state index in [0.717, 1.165) is 10.6 Å². The van der Waals surface area contributed by atoms with Crippen molar-refractivity contribution in [3.05, 3.63) is 33.1 Å². The van der Waals surface area contributed by atoms with E-state index in [4.69, 9.17) is 39.4 Å². The molecule has 1 N–H and O–H groups in total. The molecule has 1 unspecified atom stereocenters. The van der Waals surface area contributed by atoms with Gasteiger partial charge in [0, 0.05) is 32.9 Å². The number of alkyl halides is 1. The molecule has 1 fully saturated rings. The molecule has 0 aromatic carbocycles. The smallest absolute Gasteiger partial charge is 0.461 e. The molecule has 182 valence electrons. The Hall–Kier alpha value is -1.53. The Balaban J connectivity index is 2.14. The highest BCUT2D eigenvalue weighted by molar-refractivity contribution is 7.48. The molecule has 1 aromatic rings. The van der Waals surface area contributed by atoms with E-state index < -0.39 is 48.4 Å². The Kier molecular flexibility index (Phi) is 9.24. The van der Waals surface area contributed by atoms with Crippen LogP contribution in [0.3, 0.4) is 0 Å². The monoisotopic (exact) mass is 498 g/mol. The molecule has 2 heterocycles. The van der Waals surface area contributed by atoms with Crippen molar-refractivity contribution in [2.24, 2.45) is 0 Å². The summed E-state index contributed by atoms with van der Waals surface area (Å²) in [6, 6.07) is 1.11. The van der Waals surface area contributed by atoms with Crippen LogP contribution in [0.4, 0.5) is 0 Å². The van der Waals surface area contributed by atoms with Gasteiger partial charge < -0.3 is 14.2 Å². The van der Waals surface area contributed by atoms with Crippen LogP contribution in [0.25, 0.3) is 0 Å². The first-order chi connectivity index (χ1) is 14.9. The van der Waals surface area contributed by atoms with Crippen LogP contribution in [0, 0.1) is 0 Å². The second-order valence-corrected chi connectivity index (χ2v) is 9.77. The molecular formula is C18H28ClN2O10P. The van der Waals surface area contributed by atoms with Gasteiger partial charge in [0.2, 0.25) is 0 Å². The maximum atomic E-state index is 13.1. The second kappa shape index (κ2) is 11.1. The molecule has 0 saturated carbocycles. The van der Waals surface area contributed by atoms with Crippen LogP contribution in [0.2, 0.25) is 0 Å². The van der Waals surface area contributed by atoms with Crippen LogP contribution in [-0.4, -0.2) is 67.4 Å². The number of nitrogens with one attached hydrogen (secondary N) is 1. The number of hydrogen-bond donors (Lipinski definition) is 1. The van der Waals surface area contributed by atoms with E-state index in [1.54, 1.807) is 13.8 Å². The third kappa shape index (κ3) is 6.50. The summed E-state index contributed by atoms with van der Waals surface area (Å²) < 4.78 is 45.7. The van der Waals surface area contributed by atoms with Crippen molar-refractivity contribution in [2.75, 3.05) is 27.4 Å². The predicted molar refractivity (Wildman–Crippen MR) is 113 cm³/mol. The average Bonchev–Trinajstić information content (AvgIpc) is 2.70. The van der Waals surface area contributed by atoms with E-state index in [1.165, 1.54) is 27.3 Å². The van der Waals surface area contributed by atoms with Crippen molar-refractivity contribution < 1.29 is 37.1 Å². The summed E-state index contributed by atoms with van der Waals surface area (Å²) >= 11 is 6.62. The van der Waals surface area contributed by atoms with E-state index in [9.17, 15) is 18.9 Å². The number of carbonyl (C=O) groups is 1. The van der Waals surface area contributed by atoms with Crippen LogP contribution < -0.4 is 11.2 Å². The van der Waals surface area contributed by atoms with Gasteiger partial charge in [-0.1, -0.05) is 11.6 Å². The first-order valence-corrected chi connectivity index (χ1v) is 11.6. The molecule has 32 heavy (non-hydrogen) atoms. The normalized spacial score (nSPS) is 26.5. The molecule has 0 aliphatic carbocycles. The molecule has 12 nitrogen and oxygen atoms in total. The number of aromatic nitrogens is 2. The predicted octanol–water partition coefficient (Wildman–Crippen LogP) is 1.36. The maximum absolute atomic E-state index is 13.1. The van der Waals surface area contributed by atoms with Crippen molar-refractivity contribution >= 4 is 25.4 Å². The van der Waals surface area contributed by atoms with Gasteiger partial charge in [0.1, 0.15) is 17.2 Å². The number of aromatic amines is 1. The number of hydrogen-bond acceptors (Lipinski definition) is 10. The Labute approximate surface area is 189 Å². The number of esters is 1. The van der Waals surface area contributed by atoms with Crippen LogP contribution in [0.5, 0.6) is 0 Å². The average molecular weight is 499 g/mol. The molecule has 1 saturated heterocycles. The number of methoxy groups -OCH3 is 2. The number of ether oxygens (including phenoxy) is 3. The second-order valence-electron chi connectivity index (χ2n) is 7.38. The first-order valence-electron chi connectivity index (χ1n) is 9.78. The van der Waals surface area contributed by atoms with Crippen molar-refractivity contribution in [1.82, 2.24) is 9.55 Å². The highest BCUT2D eigenvalue weighted by Gasteiger charge is 2.51. The van der Waals surface area contributed by atoms with Gasteiger partial charge in [-0.2, -0.15) is 0 Å². The van der Waals surface area contributed by atoms with Gasteiger partial charge >= 0.3 is 19.5 Å². The van der Waals surface area contributed by atoms with Gasteiger partial charge in [-0.05, 0) is 20.8 Å². The zero-order valence-corrected chi connectivity index (χ0v) is 20.1. The lowest BCUT2D eigenvalue weighted by atomic mass is 10.1. The minimum Gasteiger partial charge on any atom is -0.461 e. The summed E-state index contributed by atoms with van der Waals surface area (Å²) in [6.07, 6.45) is -2.02. The number of nitrogens with zero attached hydrogens (tertiary/aromatic N) is 1. The Morgan fingerprint density at radius 1 is 1.41 bits per heavy atom. The summed E-state index contributed by atoms with van der Waals surface area (Å²) in [5.74, 6) is -0.585. The lowest BCUT2D eigenvalue weighted by molar-refractivity contribution is -0.160. The van der Waals surface area contributed by atoms with Crippen molar-refractivity contribution in [2.45, 2.75) is 56.6 Å². The lowest BCUT2D eigenvalue weighted by Crippen LogP contribution is -2.54. The minimum absolute atomic E-state index is 0.0225. The number of phosphoric acid groups is 1. The summed E-state index contributed by atoms with van der Waals surface area (Å²) in [7, 11) is -1.44. The standard InChI is InChI=1S/C18H28ClN2O10P/c1-11(2)30-16(23)12(26-4)7-9-28-32(25)29-10-13(27-5)15(31-32)18(3,19)21-8-6-14(22)20-17(21)24/h6,8,11-13,15H,7,9-10H2,1-5H3,(H,20,22,24)/t12-,13-,15-,18+,32?/m1/s1. The Morgan fingerprint density at radius 2 is 2.09 bits per heavy atom. The fraction of sp³-hybridized carbons (Fsp3) is 0.722. The molecule has 0 bridgehead atoms. The summed E-state index contributed by atoms with van der Waals surface area (Å²) in [5, 5.41) is 0. The lowest BCUT2D eigenvalue weighted by Gasteiger charge is -2.41. The van der Waals surface area contributed by atoms with E-state index >= 15 is 0 Å². The van der Waals surface area contributed by atoms with E-state index in [0.29, 0.717) is 0 Å². The van der Waals surface area contributed by atoms with Gasteiger partial charge in [-0.3, -0.25) is 27.9 Å². The highest BCUT2D eigenvalue weighted by Crippen LogP contribution is 2.56. The molecule has 0 radical (unpaired) electrons. The topological polar surface area (TPSA) is 144 Å². The number of halogens is 1. The molecule has 0 amide bonds. The van der Waals surface area contributed by atoms with Crippen LogP contribution in [0.15, 0.2) is 21.9 Å². The maximum Gasteiger partial charge on any atom is 0.475 e. The van der Waals surface area contributed by atoms with Crippen LogP contribution in [-0.2, 0) is 42.1 Å². The molecule has 1 aliphatic rings. The van der Waals surface area contributed by atoms with Gasteiger partial charge in [-0.25, -0.2) is 14.2 Å². The third-order valence-corrected chi connectivity index (χ3v) is 6.47. The molecule has 5 atom stereocenters. The zero-order chi connectivity index (χ0) is 24.1. The zero-order valence-electron chi connectivity index (χ0n) is 18.4. The van der Waals surface area contributed by atoms with Crippen molar-refractivity contribution in [3.8, 4) is 0 Å². The summed E-state index contributed by atoms with van der Waals surface area (Å²) in [5.41, 5.74) is -1.39. The fourth-order valence-electron chi connectivity index (χ4n) is 2.99. The Morgan fingerprint density at radius 3 is 2.66 bits per heavy atom. The number of rotatable bonds is 10. The molecule has 14 heteroatoms. The van der Waals surface area contributed by atoms with Gasteiger partial charge in [0.15, 0.2) is 6.10 Å². The third-order valence-electron chi connectivity index (χ3n) is 4.62. The van der Waals surface area contributed by atoms with Crippen LogP contribution in [0.1, 0.15) is 27.2 Å². The minimum atomic E-state index is -4.15. The molecular weight excluding hydrogens is 471 g/mol. The highest BCUT2D eigenvalue weighted by atomic mass is 35.5. The Bertz CT molecular complexity index is 946.